The zero-order valence-electron chi connectivity index (χ0n) is 23.2. The molecule has 3 aromatic carbocycles. The molecule has 0 fully saturated rings. The lowest BCUT2D eigenvalue weighted by molar-refractivity contribution is -0.113. The second-order valence-corrected chi connectivity index (χ2v) is 11.9. The smallest absolute Gasteiger partial charge is 0.255 e. The number of anilines is 2. The van der Waals surface area contributed by atoms with Gasteiger partial charge in [-0.1, -0.05) is 71.0 Å². The number of thioether (sulfide) groups is 1. The Kier molecular flexibility index (Phi) is 8.32. The first kappa shape index (κ1) is 28.0. The average molecular weight is 619 g/mol. The van der Waals surface area contributed by atoms with Crippen LogP contribution in [0.25, 0.3) is 0 Å². The minimum atomic E-state index is -0.565. The molecule has 2 N–H and O–H groups in total. The summed E-state index contributed by atoms with van der Waals surface area (Å²) in [4.78, 5) is 18.8. The highest BCUT2D eigenvalue weighted by Crippen LogP contribution is 2.41. The van der Waals surface area contributed by atoms with Crippen LogP contribution in [0, 0.1) is 20.8 Å². The molecule has 1 atom stereocenters. The summed E-state index contributed by atoms with van der Waals surface area (Å²) in [6.07, 6.45) is 0. The van der Waals surface area contributed by atoms with Crippen molar-refractivity contribution in [1.82, 2.24) is 14.8 Å². The van der Waals surface area contributed by atoms with Gasteiger partial charge in [-0.05, 0) is 80.0 Å². The highest BCUT2D eigenvalue weighted by Gasteiger charge is 2.36. The van der Waals surface area contributed by atoms with Crippen LogP contribution in [0.1, 0.15) is 47.7 Å². The van der Waals surface area contributed by atoms with Crippen molar-refractivity contribution in [3.05, 3.63) is 104 Å². The summed E-state index contributed by atoms with van der Waals surface area (Å²) in [5.41, 5.74) is 7.25. The lowest BCUT2D eigenvalue weighted by Crippen LogP contribution is -2.32. The van der Waals surface area contributed by atoms with Gasteiger partial charge in [0.2, 0.25) is 11.1 Å². The van der Waals surface area contributed by atoms with Gasteiger partial charge in [-0.2, -0.15) is 4.98 Å². The number of ether oxygens (including phenoxy) is 1. The molecule has 1 aliphatic rings. The molecule has 4 aromatic rings. The number of aromatic nitrogens is 3. The molecule has 206 valence electrons. The van der Waals surface area contributed by atoms with E-state index in [9.17, 15) is 4.79 Å². The molecule has 0 saturated heterocycles. The van der Waals surface area contributed by atoms with Crippen LogP contribution in [0.2, 0.25) is 0 Å². The van der Waals surface area contributed by atoms with Crippen molar-refractivity contribution in [3.63, 3.8) is 0 Å². The van der Waals surface area contributed by atoms with Gasteiger partial charge in [-0.15, -0.1) is 5.10 Å². The first-order valence-corrected chi connectivity index (χ1v) is 15.0. The van der Waals surface area contributed by atoms with E-state index in [0.717, 1.165) is 43.7 Å². The Morgan fingerprint density at radius 2 is 1.85 bits per heavy atom. The quantitative estimate of drug-likeness (QED) is 0.198. The number of rotatable bonds is 8. The standard InChI is InChI=1S/C31H32BrN5O2S/c1-6-40-31-35-30-33-21(5)27(29(38)34-25-13-9-11-18(2)20(25)4)28(37(30)36-31)24-16-23(32)14-15-26(24)39-17-22-12-8-7-10-19(22)3/h7-16,28H,6,17H2,1-5H3,(H,34,38)(H,33,35,36). The van der Waals surface area contributed by atoms with Crippen molar-refractivity contribution in [2.24, 2.45) is 0 Å². The van der Waals surface area contributed by atoms with E-state index in [1.807, 2.05) is 69.3 Å². The maximum absolute atomic E-state index is 14.1. The zero-order valence-corrected chi connectivity index (χ0v) is 25.6. The van der Waals surface area contributed by atoms with E-state index in [-0.39, 0.29) is 5.91 Å². The van der Waals surface area contributed by atoms with E-state index < -0.39 is 6.04 Å². The maximum atomic E-state index is 14.1. The van der Waals surface area contributed by atoms with Crippen molar-refractivity contribution in [3.8, 4) is 5.75 Å². The van der Waals surface area contributed by atoms with Crippen molar-refractivity contribution in [2.75, 3.05) is 16.4 Å². The minimum absolute atomic E-state index is 0.209. The van der Waals surface area contributed by atoms with Crippen molar-refractivity contribution in [2.45, 2.75) is 52.4 Å². The molecule has 0 saturated carbocycles. The summed E-state index contributed by atoms with van der Waals surface area (Å²) in [5, 5.41) is 12.0. The summed E-state index contributed by atoms with van der Waals surface area (Å²) in [5.74, 6) is 1.89. The van der Waals surface area contributed by atoms with Gasteiger partial charge in [0.1, 0.15) is 18.4 Å². The third kappa shape index (κ3) is 5.67. The molecule has 1 aromatic heterocycles. The van der Waals surface area contributed by atoms with Crippen LogP contribution in [-0.4, -0.2) is 26.4 Å². The van der Waals surface area contributed by atoms with Gasteiger partial charge in [-0.25, -0.2) is 4.68 Å². The molecule has 40 heavy (non-hydrogen) atoms. The number of halogens is 1. The third-order valence-corrected chi connectivity index (χ3v) is 8.33. The topological polar surface area (TPSA) is 81.1 Å². The summed E-state index contributed by atoms with van der Waals surface area (Å²) in [6.45, 7) is 10.5. The van der Waals surface area contributed by atoms with Gasteiger partial charge in [0.05, 0.1) is 5.57 Å². The molecule has 0 spiro atoms. The average Bonchev–Trinajstić information content (AvgIpc) is 3.32. The van der Waals surface area contributed by atoms with Crippen molar-refractivity contribution in [1.29, 1.82) is 0 Å². The Bertz CT molecular complexity index is 1610. The molecule has 5 rings (SSSR count). The summed E-state index contributed by atoms with van der Waals surface area (Å²) in [6, 6.07) is 19.4. The number of aryl methyl sites for hydroxylation is 2. The van der Waals surface area contributed by atoms with E-state index in [1.165, 1.54) is 0 Å². The van der Waals surface area contributed by atoms with Crippen LogP contribution >= 0.6 is 27.7 Å². The molecule has 0 radical (unpaired) electrons. The Morgan fingerprint density at radius 3 is 2.62 bits per heavy atom. The van der Waals surface area contributed by atoms with Gasteiger partial charge < -0.3 is 15.4 Å². The van der Waals surface area contributed by atoms with Gasteiger partial charge in [0, 0.05) is 21.4 Å². The zero-order chi connectivity index (χ0) is 28.4. The van der Waals surface area contributed by atoms with Crippen molar-refractivity contribution >= 4 is 45.2 Å². The number of benzene rings is 3. The van der Waals surface area contributed by atoms with E-state index in [2.05, 4.69) is 52.5 Å². The highest BCUT2D eigenvalue weighted by molar-refractivity contribution is 9.10. The maximum Gasteiger partial charge on any atom is 0.255 e. The predicted octanol–water partition coefficient (Wildman–Crippen LogP) is 7.58. The number of nitrogens with zero attached hydrogens (tertiary/aromatic N) is 3. The Morgan fingerprint density at radius 1 is 1.07 bits per heavy atom. The van der Waals surface area contributed by atoms with Gasteiger partial charge in [0.15, 0.2) is 0 Å². The second-order valence-electron chi connectivity index (χ2n) is 9.76. The monoisotopic (exact) mass is 617 g/mol. The summed E-state index contributed by atoms with van der Waals surface area (Å²) < 4.78 is 9.11. The Labute approximate surface area is 247 Å². The number of carbonyl (C=O) groups excluding carboxylic acids is 1. The lowest BCUT2D eigenvalue weighted by Gasteiger charge is -2.30. The lowest BCUT2D eigenvalue weighted by atomic mass is 9.94. The largest absolute Gasteiger partial charge is 0.489 e. The van der Waals surface area contributed by atoms with Crippen LogP contribution in [0.5, 0.6) is 5.75 Å². The molecule has 1 aliphatic heterocycles. The van der Waals surface area contributed by atoms with Gasteiger partial charge >= 0.3 is 0 Å². The Balaban J connectivity index is 1.60. The molecule has 0 bridgehead atoms. The number of nitrogens with one attached hydrogen (secondary N) is 2. The predicted molar refractivity (Wildman–Crippen MR) is 165 cm³/mol. The number of carbonyl (C=O) groups is 1. The number of hydrogen-bond acceptors (Lipinski definition) is 6. The normalized spacial score (nSPS) is 14.5. The van der Waals surface area contributed by atoms with E-state index in [4.69, 9.17) is 14.8 Å². The van der Waals surface area contributed by atoms with Crippen LogP contribution in [0.4, 0.5) is 11.6 Å². The van der Waals surface area contributed by atoms with Crippen LogP contribution < -0.4 is 15.4 Å². The first-order valence-electron chi connectivity index (χ1n) is 13.2. The fourth-order valence-corrected chi connectivity index (χ4v) is 5.71. The molecule has 0 aliphatic carbocycles. The molecule has 2 heterocycles. The molecule has 1 amide bonds. The number of fused-ring (bicyclic) bond motifs is 1. The third-order valence-electron chi connectivity index (χ3n) is 7.11. The van der Waals surface area contributed by atoms with Crippen LogP contribution in [-0.2, 0) is 11.4 Å². The molecular formula is C31H32BrN5O2S. The molecule has 1 unspecified atom stereocenters. The fraction of sp³-hybridized carbons (Fsp3) is 0.258. The summed E-state index contributed by atoms with van der Waals surface area (Å²) >= 11 is 5.20. The van der Waals surface area contributed by atoms with Crippen LogP contribution in [0.3, 0.4) is 0 Å². The number of amides is 1. The molecule has 9 heteroatoms. The van der Waals surface area contributed by atoms with Gasteiger partial charge in [0.25, 0.3) is 5.91 Å². The summed E-state index contributed by atoms with van der Waals surface area (Å²) in [7, 11) is 0. The van der Waals surface area contributed by atoms with Gasteiger partial charge in [-0.3, -0.25) is 4.79 Å². The van der Waals surface area contributed by atoms with E-state index in [0.29, 0.717) is 34.7 Å². The molecular weight excluding hydrogens is 586 g/mol. The molecule has 7 nitrogen and oxygen atoms in total. The van der Waals surface area contributed by atoms with E-state index >= 15 is 0 Å². The number of hydrogen-bond donors (Lipinski definition) is 2. The SMILES string of the molecule is CCSc1nc2n(n1)C(c1cc(Br)ccc1OCc1ccccc1C)C(C(=O)Nc1cccc(C)c1C)=C(C)N2. The minimum Gasteiger partial charge on any atom is -0.489 e. The second kappa shape index (κ2) is 11.9. The number of allylic oxidation sites excluding steroid dienone is 1. The van der Waals surface area contributed by atoms with Crippen molar-refractivity contribution < 1.29 is 9.53 Å². The van der Waals surface area contributed by atoms with Crippen LogP contribution in [0.15, 0.2) is 81.6 Å². The van der Waals surface area contributed by atoms with E-state index in [1.54, 1.807) is 16.4 Å². The fourth-order valence-electron chi connectivity index (χ4n) is 4.77. The highest BCUT2D eigenvalue weighted by atomic mass is 79.9. The first-order chi connectivity index (χ1) is 19.3. The Hall–Kier alpha value is -3.56.